The second-order valence-electron chi connectivity index (χ2n) is 3.30. The molecule has 0 unspecified atom stereocenters. The average Bonchev–Trinajstić information content (AvgIpc) is 2.61. The summed E-state index contributed by atoms with van der Waals surface area (Å²) >= 11 is 1.26. The van der Waals surface area contributed by atoms with E-state index in [2.05, 4.69) is 0 Å². The van der Waals surface area contributed by atoms with Crippen molar-refractivity contribution in [3.05, 3.63) is 17.5 Å². The Morgan fingerprint density at radius 3 is 2.93 bits per heavy atom. The maximum atomic E-state index is 12.1. The smallest absolute Gasteiger partial charge is 0.252 e. The van der Waals surface area contributed by atoms with Crippen LogP contribution in [0.5, 0.6) is 0 Å². The van der Waals surface area contributed by atoms with Crippen molar-refractivity contribution in [3.8, 4) is 0 Å². The normalized spacial score (nSPS) is 20.0. The van der Waals surface area contributed by atoms with Gasteiger partial charge < -0.3 is 4.74 Å². The first-order valence-electron chi connectivity index (χ1n) is 4.83. The van der Waals surface area contributed by atoms with Crippen molar-refractivity contribution in [2.45, 2.75) is 10.6 Å². The highest BCUT2D eigenvalue weighted by atomic mass is 32.2. The lowest BCUT2D eigenvalue weighted by atomic mass is 10.5. The number of rotatable bonds is 2. The van der Waals surface area contributed by atoms with E-state index in [-0.39, 0.29) is 0 Å². The van der Waals surface area contributed by atoms with E-state index in [9.17, 15) is 8.42 Å². The van der Waals surface area contributed by atoms with Gasteiger partial charge in [-0.15, -0.1) is 11.3 Å². The Hall–Kier alpha value is -0.430. The Balaban J connectivity index is 2.21. The molecule has 0 aromatic carbocycles. The third-order valence-electron chi connectivity index (χ3n) is 2.27. The summed E-state index contributed by atoms with van der Waals surface area (Å²) in [5.41, 5.74) is 0. The fourth-order valence-corrected chi connectivity index (χ4v) is 4.11. The van der Waals surface area contributed by atoms with Gasteiger partial charge in [-0.05, 0) is 17.9 Å². The maximum Gasteiger partial charge on any atom is 0.252 e. The second kappa shape index (κ2) is 4.61. The van der Waals surface area contributed by atoms with Crippen LogP contribution in [-0.2, 0) is 14.8 Å². The van der Waals surface area contributed by atoms with Crippen LogP contribution in [0.3, 0.4) is 0 Å². The van der Waals surface area contributed by atoms with Gasteiger partial charge in [-0.1, -0.05) is 6.07 Å². The lowest BCUT2D eigenvalue weighted by Crippen LogP contribution is -2.32. The molecule has 0 saturated carbocycles. The highest BCUT2D eigenvalue weighted by Crippen LogP contribution is 2.21. The van der Waals surface area contributed by atoms with E-state index in [0.29, 0.717) is 30.5 Å². The average molecular weight is 247 g/mol. The van der Waals surface area contributed by atoms with E-state index < -0.39 is 10.0 Å². The summed E-state index contributed by atoms with van der Waals surface area (Å²) in [6.45, 7) is 2.15. The topological polar surface area (TPSA) is 46.6 Å². The summed E-state index contributed by atoms with van der Waals surface area (Å²) < 4.78 is 31.3. The first-order valence-corrected chi connectivity index (χ1v) is 7.14. The molecule has 0 atom stereocenters. The molecule has 0 aliphatic carbocycles. The van der Waals surface area contributed by atoms with Crippen LogP contribution in [0.1, 0.15) is 6.42 Å². The number of ether oxygens (including phenoxy) is 1. The van der Waals surface area contributed by atoms with E-state index in [1.165, 1.54) is 15.6 Å². The number of sulfonamides is 1. The quantitative estimate of drug-likeness (QED) is 0.788. The predicted octanol–water partition coefficient (Wildman–Crippen LogP) is 1.16. The molecule has 0 radical (unpaired) electrons. The highest BCUT2D eigenvalue weighted by molar-refractivity contribution is 7.91. The molecule has 0 bridgehead atoms. The molecule has 2 rings (SSSR count). The predicted molar refractivity (Wildman–Crippen MR) is 58.5 cm³/mol. The van der Waals surface area contributed by atoms with Crippen molar-refractivity contribution in [2.75, 3.05) is 26.3 Å². The van der Waals surface area contributed by atoms with Gasteiger partial charge in [0.25, 0.3) is 10.0 Å². The van der Waals surface area contributed by atoms with Crippen molar-refractivity contribution in [1.29, 1.82) is 0 Å². The molecule has 6 heteroatoms. The molecule has 1 saturated heterocycles. The first-order chi connectivity index (χ1) is 7.21. The number of nitrogens with zero attached hydrogens (tertiary/aromatic N) is 1. The van der Waals surface area contributed by atoms with Gasteiger partial charge in [0.15, 0.2) is 0 Å². The highest BCUT2D eigenvalue weighted by Gasteiger charge is 2.25. The van der Waals surface area contributed by atoms with Crippen molar-refractivity contribution >= 4 is 21.4 Å². The summed E-state index contributed by atoms with van der Waals surface area (Å²) in [5.74, 6) is 0. The van der Waals surface area contributed by atoms with Crippen LogP contribution >= 0.6 is 11.3 Å². The third-order valence-corrected chi connectivity index (χ3v) is 5.54. The Morgan fingerprint density at radius 2 is 2.20 bits per heavy atom. The van der Waals surface area contributed by atoms with Gasteiger partial charge in [-0.3, -0.25) is 0 Å². The minimum atomic E-state index is -3.27. The van der Waals surface area contributed by atoms with Gasteiger partial charge in [0.1, 0.15) is 4.21 Å². The van der Waals surface area contributed by atoms with E-state index in [1.807, 2.05) is 0 Å². The SMILES string of the molecule is O=S(=O)(c1cccs1)N1CCCOCC1. The summed E-state index contributed by atoms with van der Waals surface area (Å²) in [5, 5.41) is 1.78. The molecule has 0 N–H and O–H groups in total. The van der Waals surface area contributed by atoms with Gasteiger partial charge in [-0.25, -0.2) is 8.42 Å². The maximum absolute atomic E-state index is 12.1. The summed E-state index contributed by atoms with van der Waals surface area (Å²) in [6, 6.07) is 3.40. The van der Waals surface area contributed by atoms with Gasteiger partial charge >= 0.3 is 0 Å². The molecule has 1 aromatic heterocycles. The zero-order chi connectivity index (χ0) is 10.7. The number of hydrogen-bond donors (Lipinski definition) is 0. The van der Waals surface area contributed by atoms with Crippen LogP contribution < -0.4 is 0 Å². The van der Waals surface area contributed by atoms with Crippen LogP contribution in [0, 0.1) is 0 Å². The van der Waals surface area contributed by atoms with Gasteiger partial charge in [-0.2, -0.15) is 4.31 Å². The molecule has 0 amide bonds. The van der Waals surface area contributed by atoms with E-state index in [0.717, 1.165) is 6.42 Å². The molecule has 1 aliphatic heterocycles. The number of hydrogen-bond acceptors (Lipinski definition) is 4. The van der Waals surface area contributed by atoms with E-state index >= 15 is 0 Å². The molecule has 4 nitrogen and oxygen atoms in total. The van der Waals surface area contributed by atoms with E-state index in [1.54, 1.807) is 17.5 Å². The van der Waals surface area contributed by atoms with Crippen LogP contribution in [0.15, 0.2) is 21.7 Å². The van der Waals surface area contributed by atoms with Crippen LogP contribution in [0.2, 0.25) is 0 Å². The molecular weight excluding hydrogens is 234 g/mol. The fraction of sp³-hybridized carbons (Fsp3) is 0.556. The van der Waals surface area contributed by atoms with Crippen LogP contribution in [0.25, 0.3) is 0 Å². The van der Waals surface area contributed by atoms with E-state index in [4.69, 9.17) is 4.74 Å². The van der Waals surface area contributed by atoms with Gasteiger partial charge in [0.2, 0.25) is 0 Å². The number of thiophene rings is 1. The van der Waals surface area contributed by atoms with Gasteiger partial charge in [0.05, 0.1) is 6.61 Å². The van der Waals surface area contributed by atoms with Gasteiger partial charge in [0, 0.05) is 19.7 Å². The Morgan fingerprint density at radius 1 is 1.33 bits per heavy atom. The molecule has 84 valence electrons. The minimum Gasteiger partial charge on any atom is -0.380 e. The van der Waals surface area contributed by atoms with Crippen LogP contribution in [-0.4, -0.2) is 39.0 Å². The third kappa shape index (κ3) is 2.39. The molecule has 1 aromatic rings. The Labute approximate surface area is 93.5 Å². The Bertz CT molecular complexity index is 391. The van der Waals surface area contributed by atoms with Crippen molar-refractivity contribution in [1.82, 2.24) is 4.31 Å². The molecule has 1 fully saturated rings. The molecule has 2 heterocycles. The largest absolute Gasteiger partial charge is 0.380 e. The second-order valence-corrected chi connectivity index (χ2v) is 6.41. The summed E-state index contributed by atoms with van der Waals surface area (Å²) in [4.78, 5) is 0. The van der Waals surface area contributed by atoms with Crippen LogP contribution in [0.4, 0.5) is 0 Å². The zero-order valence-corrected chi connectivity index (χ0v) is 9.89. The Kier molecular flexibility index (Phi) is 3.40. The minimum absolute atomic E-state index is 0.421. The summed E-state index contributed by atoms with van der Waals surface area (Å²) in [6.07, 6.45) is 0.768. The lowest BCUT2D eigenvalue weighted by Gasteiger charge is -2.17. The monoisotopic (exact) mass is 247 g/mol. The lowest BCUT2D eigenvalue weighted by molar-refractivity contribution is 0.148. The first kappa shape index (κ1) is 11.1. The molecular formula is C9H13NO3S2. The molecule has 1 aliphatic rings. The zero-order valence-electron chi connectivity index (χ0n) is 8.26. The summed E-state index contributed by atoms with van der Waals surface area (Å²) in [7, 11) is -3.27. The molecule has 0 spiro atoms. The van der Waals surface area contributed by atoms with Crippen molar-refractivity contribution in [2.24, 2.45) is 0 Å². The fourth-order valence-electron chi connectivity index (χ4n) is 1.50. The van der Waals surface area contributed by atoms with Crippen molar-refractivity contribution in [3.63, 3.8) is 0 Å². The molecule has 15 heavy (non-hydrogen) atoms. The standard InChI is InChI=1S/C9H13NO3S2/c11-15(12,9-3-1-8-14-9)10-4-2-6-13-7-5-10/h1,3,8H,2,4-7H2. The van der Waals surface area contributed by atoms with Crippen molar-refractivity contribution < 1.29 is 13.2 Å².